The fourth-order valence-electron chi connectivity index (χ4n) is 6.62. The van der Waals surface area contributed by atoms with Crippen molar-refractivity contribution in [1.29, 1.82) is 0 Å². The van der Waals surface area contributed by atoms with Crippen LogP contribution in [0.5, 0.6) is 0 Å². The van der Waals surface area contributed by atoms with Crippen LogP contribution >= 0.6 is 0 Å². The van der Waals surface area contributed by atoms with Gasteiger partial charge in [0.2, 0.25) is 0 Å². The van der Waals surface area contributed by atoms with E-state index in [1.165, 1.54) is 89.9 Å². The van der Waals surface area contributed by atoms with E-state index < -0.39 is 55.4 Å². The van der Waals surface area contributed by atoms with Crippen molar-refractivity contribution in [2.24, 2.45) is 0 Å². The first kappa shape index (κ1) is 53.4. The molecule has 1 aliphatic heterocycles. The summed E-state index contributed by atoms with van der Waals surface area (Å²) in [5.74, 6) is -0.952. The molecular formula is C48H82O10. The van der Waals surface area contributed by atoms with E-state index in [1.807, 2.05) is 12.2 Å². The Kier molecular flexibility index (Phi) is 35.5. The van der Waals surface area contributed by atoms with Gasteiger partial charge in [-0.1, -0.05) is 184 Å². The highest BCUT2D eigenvalue weighted by molar-refractivity contribution is 5.71. The second-order valence-corrected chi connectivity index (χ2v) is 15.5. The van der Waals surface area contributed by atoms with E-state index in [9.17, 15) is 30.0 Å². The fourth-order valence-corrected chi connectivity index (χ4v) is 6.62. The van der Waals surface area contributed by atoms with Crippen molar-refractivity contribution in [3.05, 3.63) is 60.8 Å². The zero-order valence-electron chi connectivity index (χ0n) is 36.3. The lowest BCUT2D eigenvalue weighted by Gasteiger charge is -2.39. The van der Waals surface area contributed by atoms with Gasteiger partial charge in [-0.3, -0.25) is 9.59 Å². The average Bonchev–Trinajstić information content (AvgIpc) is 3.22. The Balaban J connectivity index is 2.36. The molecule has 0 aromatic rings. The second kappa shape index (κ2) is 38.6. The predicted molar refractivity (Wildman–Crippen MR) is 233 cm³/mol. The van der Waals surface area contributed by atoms with Gasteiger partial charge >= 0.3 is 11.9 Å². The number of allylic oxidation sites excluding steroid dienone is 9. The number of carbonyl (C=O) groups excluding carboxylic acids is 2. The lowest BCUT2D eigenvalue weighted by atomic mass is 9.99. The molecule has 1 saturated heterocycles. The predicted octanol–water partition coefficient (Wildman–Crippen LogP) is 9.83. The van der Waals surface area contributed by atoms with E-state index in [0.29, 0.717) is 12.8 Å². The van der Waals surface area contributed by atoms with Crippen LogP contribution in [0.25, 0.3) is 0 Å². The highest BCUT2D eigenvalue weighted by Crippen LogP contribution is 2.22. The molecular weight excluding hydrogens is 737 g/mol. The molecule has 0 radical (unpaired) electrons. The first-order chi connectivity index (χ1) is 28.3. The number of rotatable bonds is 37. The summed E-state index contributed by atoms with van der Waals surface area (Å²) in [4.78, 5) is 25.3. The van der Waals surface area contributed by atoms with E-state index in [2.05, 4.69) is 56.4 Å². The lowest BCUT2D eigenvalue weighted by Crippen LogP contribution is -2.59. The van der Waals surface area contributed by atoms with Gasteiger partial charge in [-0.15, -0.1) is 0 Å². The number of aliphatic hydroxyl groups is 4. The lowest BCUT2D eigenvalue weighted by molar-refractivity contribution is -0.305. The standard InChI is InChI=1S/C48H82O10/c1-3-5-7-9-11-13-15-17-19-20-21-23-24-26-28-30-32-34-36-43(50)55-39-41(40-56-48-47(54)46(53)45(52)42(38-49)58-48)57-44(51)37-35-33-31-29-27-25-22-18-16-14-12-10-8-6-4-2/h6,8,12,14,18,22,27,29,33,35,41-42,45-49,52-54H,3-5,7,9-11,13,15-17,19-21,23-26,28,30-32,34,36-40H2,1-2H3/b8-6-,14-12-,22-18-,29-27-,35-33-. The summed E-state index contributed by atoms with van der Waals surface area (Å²) in [6, 6.07) is 0. The zero-order valence-corrected chi connectivity index (χ0v) is 36.3. The van der Waals surface area contributed by atoms with Gasteiger partial charge in [0.05, 0.1) is 19.6 Å². The van der Waals surface area contributed by atoms with Crippen LogP contribution in [0.3, 0.4) is 0 Å². The van der Waals surface area contributed by atoms with Crippen LogP contribution in [0.4, 0.5) is 0 Å². The van der Waals surface area contributed by atoms with Crippen molar-refractivity contribution >= 4 is 11.9 Å². The number of esters is 2. The molecule has 1 rings (SSSR count). The average molecular weight is 819 g/mol. The Morgan fingerprint density at radius 1 is 0.552 bits per heavy atom. The maximum atomic E-state index is 12.7. The Hall–Kier alpha value is -2.60. The quantitative estimate of drug-likeness (QED) is 0.0271. The number of carbonyl (C=O) groups is 2. The van der Waals surface area contributed by atoms with Crippen LogP contribution in [0.1, 0.15) is 174 Å². The molecule has 0 spiro atoms. The minimum atomic E-state index is -1.61. The number of ether oxygens (including phenoxy) is 4. The van der Waals surface area contributed by atoms with Crippen LogP contribution in [0, 0.1) is 0 Å². The summed E-state index contributed by atoms with van der Waals surface area (Å²) in [5.41, 5.74) is 0. The topological polar surface area (TPSA) is 152 Å². The van der Waals surface area contributed by atoms with Crippen molar-refractivity contribution in [2.45, 2.75) is 211 Å². The highest BCUT2D eigenvalue weighted by Gasteiger charge is 2.44. The molecule has 0 aromatic heterocycles. The van der Waals surface area contributed by atoms with E-state index in [1.54, 1.807) is 6.08 Å². The molecule has 1 heterocycles. The van der Waals surface area contributed by atoms with E-state index >= 15 is 0 Å². The normalized spacial score (nSPS) is 20.7. The molecule has 10 heteroatoms. The fraction of sp³-hybridized carbons (Fsp3) is 0.750. The molecule has 0 amide bonds. The van der Waals surface area contributed by atoms with Crippen LogP contribution in [-0.4, -0.2) is 89.0 Å². The molecule has 1 fully saturated rings. The molecule has 0 aromatic carbocycles. The van der Waals surface area contributed by atoms with Gasteiger partial charge in [0.15, 0.2) is 12.4 Å². The zero-order chi connectivity index (χ0) is 42.3. The van der Waals surface area contributed by atoms with E-state index in [4.69, 9.17) is 18.9 Å². The van der Waals surface area contributed by atoms with Crippen molar-refractivity contribution in [1.82, 2.24) is 0 Å². The van der Waals surface area contributed by atoms with Crippen LogP contribution in [-0.2, 0) is 28.5 Å². The van der Waals surface area contributed by atoms with Crippen LogP contribution in [0.15, 0.2) is 60.8 Å². The van der Waals surface area contributed by atoms with Gasteiger partial charge in [-0.25, -0.2) is 0 Å². The largest absolute Gasteiger partial charge is 0.462 e. The summed E-state index contributed by atoms with van der Waals surface area (Å²) in [5, 5.41) is 40.0. The summed E-state index contributed by atoms with van der Waals surface area (Å²) < 4.78 is 22.0. The van der Waals surface area contributed by atoms with E-state index in [0.717, 1.165) is 44.9 Å². The third-order valence-corrected chi connectivity index (χ3v) is 10.2. The number of aliphatic hydroxyl groups excluding tert-OH is 4. The smallest absolute Gasteiger partial charge is 0.310 e. The molecule has 0 bridgehead atoms. The summed E-state index contributed by atoms with van der Waals surface area (Å²) in [6.45, 7) is 3.22. The molecule has 6 unspecified atom stereocenters. The molecule has 0 aliphatic carbocycles. The molecule has 334 valence electrons. The van der Waals surface area contributed by atoms with Crippen molar-refractivity contribution in [3.8, 4) is 0 Å². The van der Waals surface area contributed by atoms with Gasteiger partial charge in [0, 0.05) is 6.42 Å². The van der Waals surface area contributed by atoms with Gasteiger partial charge in [-0.2, -0.15) is 0 Å². The van der Waals surface area contributed by atoms with Crippen molar-refractivity contribution in [3.63, 3.8) is 0 Å². The van der Waals surface area contributed by atoms with Crippen molar-refractivity contribution in [2.75, 3.05) is 19.8 Å². The molecule has 1 aliphatic rings. The molecule has 4 N–H and O–H groups in total. The molecule has 10 nitrogen and oxygen atoms in total. The number of hydrogen-bond acceptors (Lipinski definition) is 10. The van der Waals surface area contributed by atoms with Gasteiger partial charge < -0.3 is 39.4 Å². The molecule has 0 saturated carbocycles. The first-order valence-electron chi connectivity index (χ1n) is 22.9. The number of unbranched alkanes of at least 4 members (excludes halogenated alkanes) is 17. The minimum Gasteiger partial charge on any atom is -0.462 e. The van der Waals surface area contributed by atoms with Crippen molar-refractivity contribution < 1.29 is 49.0 Å². The molecule has 58 heavy (non-hydrogen) atoms. The van der Waals surface area contributed by atoms with Gasteiger partial charge in [-0.05, 0) is 38.5 Å². The third-order valence-electron chi connectivity index (χ3n) is 10.2. The Labute approximate surface area is 351 Å². The summed E-state index contributed by atoms with van der Waals surface area (Å²) in [7, 11) is 0. The van der Waals surface area contributed by atoms with E-state index in [-0.39, 0.29) is 26.1 Å². The maximum absolute atomic E-state index is 12.7. The van der Waals surface area contributed by atoms with Crippen LogP contribution < -0.4 is 0 Å². The highest BCUT2D eigenvalue weighted by atomic mass is 16.7. The third kappa shape index (κ3) is 29.6. The Morgan fingerprint density at radius 3 is 1.47 bits per heavy atom. The van der Waals surface area contributed by atoms with Gasteiger partial charge in [0.1, 0.15) is 31.0 Å². The molecule has 6 atom stereocenters. The Bertz CT molecular complexity index is 1130. The summed E-state index contributed by atoms with van der Waals surface area (Å²) in [6.07, 6.45) is 39.7. The Morgan fingerprint density at radius 2 is 1.00 bits per heavy atom. The summed E-state index contributed by atoms with van der Waals surface area (Å²) >= 11 is 0. The maximum Gasteiger partial charge on any atom is 0.310 e. The van der Waals surface area contributed by atoms with Crippen LogP contribution in [0.2, 0.25) is 0 Å². The first-order valence-corrected chi connectivity index (χ1v) is 22.9. The SMILES string of the molecule is CC/C=C\C/C=C\C/C=C\C/C=C\C/C=C\CC(=O)OC(COC(=O)CCCCCCCCCCCCCCCCCCCC)COC1OC(CO)C(O)C(O)C1O. The minimum absolute atomic E-state index is 0.00266. The monoisotopic (exact) mass is 819 g/mol. The van der Waals surface area contributed by atoms with Gasteiger partial charge in [0.25, 0.3) is 0 Å². The second-order valence-electron chi connectivity index (χ2n) is 15.5. The number of hydrogen-bond donors (Lipinski definition) is 4.